The van der Waals surface area contributed by atoms with Crippen molar-refractivity contribution in [1.29, 1.82) is 0 Å². The highest BCUT2D eigenvalue weighted by Gasteiger charge is 2.10. The summed E-state index contributed by atoms with van der Waals surface area (Å²) >= 11 is 0. The number of furan rings is 1. The summed E-state index contributed by atoms with van der Waals surface area (Å²) in [6.07, 6.45) is 1.77. The highest BCUT2D eigenvalue weighted by molar-refractivity contribution is 5.16. The second-order valence-corrected chi connectivity index (χ2v) is 3.19. The third kappa shape index (κ3) is 1.87. The first-order valence-electron chi connectivity index (χ1n) is 4.09. The van der Waals surface area contributed by atoms with Gasteiger partial charge in [-0.1, -0.05) is 0 Å². The molecule has 0 fully saturated rings. The van der Waals surface area contributed by atoms with Gasteiger partial charge in [-0.05, 0) is 27.1 Å². The van der Waals surface area contributed by atoms with E-state index in [1.54, 1.807) is 6.26 Å². The molecule has 0 radical (unpaired) electrons. The molecule has 3 heteroatoms. The Morgan fingerprint density at radius 3 is 2.67 bits per heavy atom. The maximum Gasteiger partial charge on any atom is 0.117 e. The van der Waals surface area contributed by atoms with E-state index >= 15 is 0 Å². The number of nitrogens with zero attached hydrogens (tertiary/aromatic N) is 1. The van der Waals surface area contributed by atoms with E-state index in [1.807, 2.05) is 20.2 Å². The van der Waals surface area contributed by atoms with Gasteiger partial charge in [-0.2, -0.15) is 0 Å². The summed E-state index contributed by atoms with van der Waals surface area (Å²) in [5.41, 5.74) is 6.61. The average molecular weight is 168 g/mol. The molecule has 3 nitrogen and oxygen atoms in total. The highest BCUT2D eigenvalue weighted by Crippen LogP contribution is 2.19. The molecule has 0 spiro atoms. The van der Waals surface area contributed by atoms with Crippen LogP contribution in [0.15, 0.2) is 16.7 Å². The van der Waals surface area contributed by atoms with E-state index in [9.17, 15) is 0 Å². The molecule has 2 N–H and O–H groups in total. The van der Waals surface area contributed by atoms with Crippen LogP contribution in [-0.2, 0) is 6.54 Å². The quantitative estimate of drug-likeness (QED) is 0.741. The Morgan fingerprint density at radius 2 is 2.25 bits per heavy atom. The molecule has 1 aromatic heterocycles. The predicted molar refractivity (Wildman–Crippen MR) is 48.7 cm³/mol. The second-order valence-electron chi connectivity index (χ2n) is 3.19. The fourth-order valence-corrected chi connectivity index (χ4v) is 1.02. The van der Waals surface area contributed by atoms with Gasteiger partial charge in [0.05, 0.1) is 12.8 Å². The second kappa shape index (κ2) is 3.74. The lowest BCUT2D eigenvalue weighted by molar-refractivity contribution is 0.319. The van der Waals surface area contributed by atoms with Gasteiger partial charge in [0.25, 0.3) is 0 Å². The maximum atomic E-state index is 5.43. The molecule has 12 heavy (non-hydrogen) atoms. The van der Waals surface area contributed by atoms with E-state index in [0.717, 1.165) is 5.76 Å². The van der Waals surface area contributed by atoms with E-state index in [2.05, 4.69) is 11.8 Å². The van der Waals surface area contributed by atoms with Gasteiger partial charge in [0.15, 0.2) is 0 Å². The average Bonchev–Trinajstić information content (AvgIpc) is 2.50. The van der Waals surface area contributed by atoms with Crippen molar-refractivity contribution < 1.29 is 4.42 Å². The summed E-state index contributed by atoms with van der Waals surface area (Å²) < 4.78 is 5.23. The summed E-state index contributed by atoms with van der Waals surface area (Å²) in [5.74, 6) is 0.846. The maximum absolute atomic E-state index is 5.43. The van der Waals surface area contributed by atoms with Crippen LogP contribution in [0.3, 0.4) is 0 Å². The van der Waals surface area contributed by atoms with Crippen molar-refractivity contribution in [3.8, 4) is 0 Å². The number of rotatable bonds is 3. The van der Waals surface area contributed by atoms with Crippen molar-refractivity contribution in [2.24, 2.45) is 5.73 Å². The third-order valence-corrected chi connectivity index (χ3v) is 2.13. The lowest BCUT2D eigenvalue weighted by Gasteiger charge is -2.17. The predicted octanol–water partition coefficient (Wildman–Crippen LogP) is 1.36. The first-order valence-corrected chi connectivity index (χ1v) is 4.09. The molecular formula is C9H16N2O. The van der Waals surface area contributed by atoms with Crippen LogP contribution in [0.1, 0.15) is 24.3 Å². The number of hydrogen-bond donors (Lipinski definition) is 1. The van der Waals surface area contributed by atoms with Crippen LogP contribution in [0.4, 0.5) is 0 Å². The Kier molecular flexibility index (Phi) is 2.89. The monoisotopic (exact) mass is 168 g/mol. The van der Waals surface area contributed by atoms with E-state index < -0.39 is 0 Å². The van der Waals surface area contributed by atoms with Crippen LogP contribution >= 0.6 is 0 Å². The Labute approximate surface area is 73.2 Å². The molecular weight excluding hydrogens is 152 g/mol. The zero-order chi connectivity index (χ0) is 9.14. The van der Waals surface area contributed by atoms with Gasteiger partial charge in [0.2, 0.25) is 0 Å². The molecule has 0 saturated carbocycles. The standard InChI is InChI=1S/C9H16N2O/c1-7(11(2)3)8-4-9(5-10)12-6-8/h4,6-7H,5,10H2,1-3H3. The van der Waals surface area contributed by atoms with Gasteiger partial charge in [0.1, 0.15) is 5.76 Å². The minimum atomic E-state index is 0.383. The Hall–Kier alpha value is -0.800. The van der Waals surface area contributed by atoms with Crippen LogP contribution in [0.5, 0.6) is 0 Å². The van der Waals surface area contributed by atoms with E-state index in [4.69, 9.17) is 10.2 Å². The van der Waals surface area contributed by atoms with E-state index in [0.29, 0.717) is 12.6 Å². The normalized spacial score (nSPS) is 13.8. The summed E-state index contributed by atoms with van der Waals surface area (Å²) in [5, 5.41) is 0. The van der Waals surface area contributed by atoms with Crippen molar-refractivity contribution in [1.82, 2.24) is 4.90 Å². The molecule has 1 rings (SSSR count). The first-order chi connectivity index (χ1) is 5.65. The topological polar surface area (TPSA) is 42.4 Å². The minimum absolute atomic E-state index is 0.383. The summed E-state index contributed by atoms with van der Waals surface area (Å²) in [6.45, 7) is 2.60. The van der Waals surface area contributed by atoms with Crippen LogP contribution in [0.25, 0.3) is 0 Å². The summed E-state index contributed by atoms with van der Waals surface area (Å²) in [7, 11) is 4.08. The van der Waals surface area contributed by atoms with Crippen LogP contribution < -0.4 is 5.73 Å². The summed E-state index contributed by atoms with van der Waals surface area (Å²) in [4.78, 5) is 2.13. The Morgan fingerprint density at radius 1 is 1.58 bits per heavy atom. The smallest absolute Gasteiger partial charge is 0.117 e. The Bertz CT molecular complexity index is 242. The molecule has 1 unspecified atom stereocenters. The lowest BCUT2D eigenvalue weighted by Crippen LogP contribution is -2.15. The Balaban J connectivity index is 2.74. The lowest BCUT2D eigenvalue weighted by atomic mass is 10.1. The molecule has 1 atom stereocenters. The van der Waals surface area contributed by atoms with Gasteiger partial charge >= 0.3 is 0 Å². The number of nitrogens with two attached hydrogens (primary N) is 1. The van der Waals surface area contributed by atoms with Crippen LogP contribution in [0, 0.1) is 0 Å². The van der Waals surface area contributed by atoms with E-state index in [1.165, 1.54) is 5.56 Å². The highest BCUT2D eigenvalue weighted by atomic mass is 16.3. The first kappa shape index (κ1) is 9.29. The number of hydrogen-bond acceptors (Lipinski definition) is 3. The fraction of sp³-hybridized carbons (Fsp3) is 0.556. The van der Waals surface area contributed by atoms with Crippen molar-refractivity contribution in [3.05, 3.63) is 23.7 Å². The van der Waals surface area contributed by atoms with Crippen molar-refractivity contribution in [2.75, 3.05) is 14.1 Å². The molecule has 0 aromatic carbocycles. The molecule has 68 valence electrons. The SMILES string of the molecule is CC(c1coc(CN)c1)N(C)C. The molecule has 0 aliphatic carbocycles. The fourth-order valence-electron chi connectivity index (χ4n) is 1.02. The molecule has 0 aliphatic rings. The molecule has 0 amide bonds. The zero-order valence-electron chi connectivity index (χ0n) is 7.87. The van der Waals surface area contributed by atoms with Crippen molar-refractivity contribution >= 4 is 0 Å². The molecule has 1 aromatic rings. The minimum Gasteiger partial charge on any atom is -0.468 e. The van der Waals surface area contributed by atoms with Gasteiger partial charge in [-0.25, -0.2) is 0 Å². The summed E-state index contributed by atoms with van der Waals surface area (Å²) in [6, 6.07) is 2.39. The van der Waals surface area contributed by atoms with Gasteiger partial charge in [0, 0.05) is 11.6 Å². The molecule has 0 saturated heterocycles. The third-order valence-electron chi connectivity index (χ3n) is 2.13. The molecule has 1 heterocycles. The van der Waals surface area contributed by atoms with Crippen molar-refractivity contribution in [2.45, 2.75) is 19.5 Å². The van der Waals surface area contributed by atoms with Crippen molar-refractivity contribution in [3.63, 3.8) is 0 Å². The van der Waals surface area contributed by atoms with Gasteiger partial charge in [-0.15, -0.1) is 0 Å². The van der Waals surface area contributed by atoms with Crippen LogP contribution in [-0.4, -0.2) is 19.0 Å². The molecule has 0 aliphatic heterocycles. The van der Waals surface area contributed by atoms with Crippen LogP contribution in [0.2, 0.25) is 0 Å². The zero-order valence-corrected chi connectivity index (χ0v) is 7.87. The molecule has 0 bridgehead atoms. The largest absolute Gasteiger partial charge is 0.468 e. The van der Waals surface area contributed by atoms with E-state index in [-0.39, 0.29) is 0 Å². The van der Waals surface area contributed by atoms with Gasteiger partial charge < -0.3 is 15.1 Å². The van der Waals surface area contributed by atoms with Gasteiger partial charge in [-0.3, -0.25) is 0 Å².